The highest BCUT2D eigenvalue weighted by Gasteiger charge is 2.34. The first-order valence-corrected chi connectivity index (χ1v) is 27.0. The van der Waals surface area contributed by atoms with Crippen LogP contribution in [0.5, 0.6) is 11.5 Å². The maximum atomic E-state index is 13.7. The molecule has 0 spiro atoms. The molecule has 3 fully saturated rings. The van der Waals surface area contributed by atoms with Gasteiger partial charge in [0.05, 0.1) is 42.0 Å². The van der Waals surface area contributed by atoms with Gasteiger partial charge >= 0.3 is 5.69 Å². The summed E-state index contributed by atoms with van der Waals surface area (Å²) in [7, 11) is 0. The monoisotopic (exact) mass is 1040 g/mol. The van der Waals surface area contributed by atoms with Crippen molar-refractivity contribution in [2.45, 2.75) is 77.4 Å². The van der Waals surface area contributed by atoms with E-state index < -0.39 is 5.69 Å². The number of nitriles is 1. The zero-order valence-corrected chi connectivity index (χ0v) is 43.7. The second-order valence-electron chi connectivity index (χ2n) is 20.7. The summed E-state index contributed by atoms with van der Waals surface area (Å²) in [6.45, 7) is 12.9. The van der Waals surface area contributed by atoms with Crippen LogP contribution in [0.15, 0.2) is 96.3 Å². The molecular weight excluding hydrogens is 975 g/mol. The number of aromatic amines is 1. The Morgan fingerprint density at radius 1 is 0.896 bits per heavy atom. The Morgan fingerprint density at radius 3 is 2.44 bits per heavy atom. The summed E-state index contributed by atoms with van der Waals surface area (Å²) in [5.74, 6) is 1.51. The SMILES string of the molecule is C=CC(=O)N1CCN(c2nc(NCCC(=O)NCC3CCN(C(=O)C4CCN(Cc5ccc(-n6c(-c7cc(CC)c(O)cc7O)n[nH]c6=O)cc5)CC4)CC3)nc3c2CCN(c2cccc4ccccc24)C3)C[C@H]1CC#N. The number of piperidine rings is 2. The molecule has 5 N–H and O–H groups in total. The van der Waals surface area contributed by atoms with E-state index >= 15 is 0 Å². The fraction of sp³-hybridized carbons (Fsp3) is 0.414. The van der Waals surface area contributed by atoms with Gasteiger partial charge in [-0.1, -0.05) is 62.0 Å². The van der Waals surface area contributed by atoms with Crippen molar-refractivity contribution in [1.29, 1.82) is 5.26 Å². The summed E-state index contributed by atoms with van der Waals surface area (Å²) in [6.07, 6.45) is 6.21. The molecule has 6 aromatic rings. The highest BCUT2D eigenvalue weighted by Crippen LogP contribution is 2.37. The lowest BCUT2D eigenvalue weighted by molar-refractivity contribution is -0.138. The van der Waals surface area contributed by atoms with Crippen molar-refractivity contribution in [2.24, 2.45) is 11.8 Å². The molecule has 400 valence electrons. The minimum atomic E-state index is -0.443. The number of phenols is 2. The zero-order valence-electron chi connectivity index (χ0n) is 43.7. The summed E-state index contributed by atoms with van der Waals surface area (Å²) < 4.78 is 1.41. The van der Waals surface area contributed by atoms with Gasteiger partial charge in [-0.3, -0.25) is 19.3 Å². The van der Waals surface area contributed by atoms with E-state index in [1.54, 1.807) is 11.0 Å². The highest BCUT2D eigenvalue weighted by atomic mass is 16.3. The zero-order chi connectivity index (χ0) is 53.6. The maximum absolute atomic E-state index is 13.7. The number of carbonyl (C=O) groups excluding carboxylic acids is 3. The number of amides is 3. The van der Waals surface area contributed by atoms with Gasteiger partial charge in [0.1, 0.15) is 17.3 Å². The molecule has 4 aromatic carbocycles. The van der Waals surface area contributed by atoms with Crippen molar-refractivity contribution >= 4 is 45.9 Å². The molecule has 6 heterocycles. The number of rotatable bonds is 16. The van der Waals surface area contributed by atoms with Crippen LogP contribution in [0.1, 0.15) is 67.8 Å². The Labute approximate surface area is 447 Å². The smallest absolute Gasteiger partial charge is 0.348 e. The van der Waals surface area contributed by atoms with Crippen LogP contribution in [-0.2, 0) is 40.3 Å². The summed E-state index contributed by atoms with van der Waals surface area (Å²) in [4.78, 5) is 73.4. The van der Waals surface area contributed by atoms with Crippen molar-refractivity contribution in [1.82, 2.24) is 44.7 Å². The summed E-state index contributed by atoms with van der Waals surface area (Å²) in [6, 6.07) is 27.3. The Balaban J connectivity index is 0.688. The Hall–Kier alpha value is -8.24. The van der Waals surface area contributed by atoms with E-state index in [4.69, 9.17) is 9.97 Å². The lowest BCUT2D eigenvalue weighted by atomic mass is 9.92. The van der Waals surface area contributed by atoms with Gasteiger partial charge in [0.15, 0.2) is 5.82 Å². The predicted octanol–water partition coefficient (Wildman–Crippen LogP) is 5.89. The molecule has 3 saturated heterocycles. The third-order valence-corrected chi connectivity index (χ3v) is 15.9. The summed E-state index contributed by atoms with van der Waals surface area (Å²) >= 11 is 0. The van der Waals surface area contributed by atoms with Gasteiger partial charge in [-0.25, -0.2) is 19.4 Å². The third-order valence-electron chi connectivity index (χ3n) is 15.9. The molecule has 4 aliphatic rings. The topological polar surface area (TPSA) is 232 Å². The lowest BCUT2D eigenvalue weighted by Gasteiger charge is -2.42. The first-order chi connectivity index (χ1) is 37.5. The largest absolute Gasteiger partial charge is 0.508 e. The van der Waals surface area contributed by atoms with E-state index in [1.807, 2.05) is 42.2 Å². The van der Waals surface area contributed by atoms with Crippen LogP contribution < -0.4 is 26.1 Å². The van der Waals surface area contributed by atoms with Crippen molar-refractivity contribution in [2.75, 3.05) is 80.6 Å². The van der Waals surface area contributed by atoms with Crippen LogP contribution in [0.2, 0.25) is 0 Å². The van der Waals surface area contributed by atoms with E-state index in [2.05, 4.69) is 84.6 Å². The van der Waals surface area contributed by atoms with Gasteiger partial charge in [0.25, 0.3) is 0 Å². The predicted molar refractivity (Wildman–Crippen MR) is 295 cm³/mol. The van der Waals surface area contributed by atoms with E-state index in [0.29, 0.717) is 88.1 Å². The molecule has 0 bridgehead atoms. The standard InChI is InChI=1S/C58H67N13O6/c1-3-40-32-47(51(73)33-50(40)72)55-64-65-58(77)71(55)43-14-12-39(13-15-43)35-66-25-20-42(21-26-66)56(76)67-27-18-38(19-28-67)34-61-52(74)17-24-60-57-62-48-37-68(49-11-7-9-41-8-5-6-10-45(41)49)29-22-46(48)54(63-57)69-30-31-70(53(75)4-2)44(36-69)16-23-59/h4-15,32-33,38,42,44,72-73H,2-3,16-22,24-31,34-37H2,1H3,(H,61,74)(H,65,77)(H,60,62,63)/t44-/m1/s1. The van der Waals surface area contributed by atoms with Gasteiger partial charge in [-0.05, 0) is 104 Å². The number of hydrogen-bond donors (Lipinski definition) is 5. The molecule has 10 rings (SSSR count). The fourth-order valence-corrected chi connectivity index (χ4v) is 11.6. The number of nitrogens with one attached hydrogen (secondary N) is 3. The number of anilines is 3. The van der Waals surface area contributed by atoms with E-state index in [1.165, 1.54) is 27.5 Å². The second kappa shape index (κ2) is 23.3. The van der Waals surface area contributed by atoms with Crippen LogP contribution in [-0.4, -0.2) is 139 Å². The number of likely N-dealkylation sites (tertiary alicyclic amines) is 2. The number of piperazine rings is 1. The Morgan fingerprint density at radius 2 is 1.68 bits per heavy atom. The number of aryl methyl sites for hydroxylation is 1. The minimum absolute atomic E-state index is 0.0141. The first kappa shape index (κ1) is 52.2. The quantitative estimate of drug-likeness (QED) is 0.0712. The molecule has 19 heteroatoms. The van der Waals surface area contributed by atoms with Crippen molar-refractivity contribution in [3.8, 4) is 34.6 Å². The Bertz CT molecular complexity index is 3240. The number of phenolic OH excluding ortho intramolecular Hbond substituents is 2. The fourth-order valence-electron chi connectivity index (χ4n) is 11.6. The van der Waals surface area contributed by atoms with Crippen molar-refractivity contribution in [3.63, 3.8) is 0 Å². The van der Waals surface area contributed by atoms with Crippen molar-refractivity contribution in [3.05, 3.63) is 124 Å². The number of benzene rings is 4. The third kappa shape index (κ3) is 11.5. The number of H-pyrrole nitrogens is 1. The van der Waals surface area contributed by atoms with E-state index in [-0.39, 0.29) is 65.8 Å². The lowest BCUT2D eigenvalue weighted by Crippen LogP contribution is -2.55. The minimum Gasteiger partial charge on any atom is -0.508 e. The van der Waals surface area contributed by atoms with Crippen LogP contribution in [0, 0.1) is 23.2 Å². The van der Waals surface area contributed by atoms with Gasteiger partial charge in [-0.2, -0.15) is 15.3 Å². The Kier molecular flexibility index (Phi) is 15.8. The van der Waals surface area contributed by atoms with Gasteiger partial charge in [0, 0.05) is 93.9 Å². The summed E-state index contributed by atoms with van der Waals surface area (Å²) in [5, 5.41) is 46.0. The number of nitrogens with zero attached hydrogens (tertiary/aromatic N) is 10. The molecule has 0 saturated carbocycles. The number of fused-ring (bicyclic) bond motifs is 2. The van der Waals surface area contributed by atoms with Crippen molar-refractivity contribution < 1.29 is 24.6 Å². The normalized spacial score (nSPS) is 17.5. The summed E-state index contributed by atoms with van der Waals surface area (Å²) in [5.41, 5.74) is 5.30. The molecule has 3 amide bonds. The molecular formula is C58H67N13O6. The maximum Gasteiger partial charge on any atom is 0.348 e. The molecule has 0 radical (unpaired) electrons. The van der Waals surface area contributed by atoms with Crippen LogP contribution in [0.25, 0.3) is 27.8 Å². The first-order valence-electron chi connectivity index (χ1n) is 27.0. The van der Waals surface area contributed by atoms with E-state index in [0.717, 1.165) is 80.1 Å². The number of aromatic nitrogens is 5. The van der Waals surface area contributed by atoms with Gasteiger partial charge in [0.2, 0.25) is 23.7 Å². The van der Waals surface area contributed by atoms with E-state index in [9.17, 15) is 34.7 Å². The average Bonchev–Trinajstić information content (AvgIpc) is 3.85. The van der Waals surface area contributed by atoms with Gasteiger partial charge in [-0.15, -0.1) is 0 Å². The molecule has 19 nitrogen and oxygen atoms in total. The van der Waals surface area contributed by atoms with Crippen LogP contribution in [0.3, 0.4) is 0 Å². The molecule has 2 aromatic heterocycles. The van der Waals surface area contributed by atoms with Crippen LogP contribution >= 0.6 is 0 Å². The molecule has 0 aliphatic carbocycles. The molecule has 77 heavy (non-hydrogen) atoms. The molecule has 1 atom stereocenters. The number of aromatic hydroxyl groups is 2. The average molecular weight is 1040 g/mol. The molecule has 0 unspecified atom stereocenters. The second-order valence-corrected chi connectivity index (χ2v) is 20.7. The highest BCUT2D eigenvalue weighted by molar-refractivity contribution is 5.94. The van der Waals surface area contributed by atoms with Gasteiger partial charge < -0.3 is 40.4 Å². The number of carbonyl (C=O) groups is 3. The van der Waals surface area contributed by atoms with Crippen LogP contribution in [0.4, 0.5) is 17.5 Å². The molecule has 4 aliphatic heterocycles. The number of hydrogen-bond acceptors (Lipinski definition) is 14.